The predicted octanol–water partition coefficient (Wildman–Crippen LogP) is 2.97. The third-order valence-electron chi connectivity index (χ3n) is 2.55. The lowest BCUT2D eigenvalue weighted by molar-refractivity contribution is 0.191. The normalized spacial score (nSPS) is 16.8. The summed E-state index contributed by atoms with van der Waals surface area (Å²) in [5.41, 5.74) is 0.0146. The van der Waals surface area contributed by atoms with Crippen molar-refractivity contribution in [3.63, 3.8) is 0 Å². The number of benzene rings is 1. The van der Waals surface area contributed by atoms with Crippen molar-refractivity contribution in [3.05, 3.63) is 29.6 Å². The van der Waals surface area contributed by atoms with Crippen molar-refractivity contribution in [1.82, 2.24) is 0 Å². The Bertz CT molecular complexity index is 410. The van der Waals surface area contributed by atoms with Crippen molar-refractivity contribution in [2.45, 2.75) is 18.9 Å². The molecule has 0 N–H and O–H groups in total. The van der Waals surface area contributed by atoms with Crippen LogP contribution in [0.1, 0.15) is 18.4 Å². The van der Waals surface area contributed by atoms with E-state index < -0.39 is 5.82 Å². The molecule has 84 valence electrons. The highest BCUT2D eigenvalue weighted by Crippen LogP contribution is 2.26. The maximum absolute atomic E-state index is 13.3. The number of halogens is 1. The summed E-state index contributed by atoms with van der Waals surface area (Å²) >= 11 is 1.90. The summed E-state index contributed by atoms with van der Waals surface area (Å²) in [4.78, 5) is 0. The van der Waals surface area contributed by atoms with E-state index >= 15 is 0 Å². The van der Waals surface area contributed by atoms with Crippen molar-refractivity contribution >= 4 is 11.8 Å². The second-order valence-electron chi connectivity index (χ2n) is 3.65. The molecule has 0 saturated carbocycles. The summed E-state index contributed by atoms with van der Waals surface area (Å²) in [5, 5.41) is 8.85. The summed E-state index contributed by atoms with van der Waals surface area (Å²) < 4.78 is 19.0. The molecule has 1 aromatic rings. The highest BCUT2D eigenvalue weighted by atomic mass is 32.2. The van der Waals surface area contributed by atoms with Crippen LogP contribution < -0.4 is 4.74 Å². The fourth-order valence-corrected chi connectivity index (χ4v) is 2.75. The van der Waals surface area contributed by atoms with Gasteiger partial charge in [-0.15, -0.1) is 0 Å². The van der Waals surface area contributed by atoms with Crippen molar-refractivity contribution in [2.75, 3.05) is 11.5 Å². The Labute approximate surface area is 98.4 Å². The molecule has 16 heavy (non-hydrogen) atoms. The monoisotopic (exact) mass is 237 g/mol. The number of rotatable bonds is 2. The molecule has 0 atom stereocenters. The Kier molecular flexibility index (Phi) is 3.68. The van der Waals surface area contributed by atoms with Gasteiger partial charge < -0.3 is 4.74 Å². The van der Waals surface area contributed by atoms with Gasteiger partial charge in [-0.3, -0.25) is 0 Å². The molecule has 1 aliphatic heterocycles. The Hall–Kier alpha value is -1.21. The standard InChI is InChI=1S/C12H12FNOS/c13-11-2-1-3-12(10(11)8-14)15-9-4-6-16-7-5-9/h1-3,9H,4-7H2. The molecular formula is C12H12FNOS. The zero-order chi connectivity index (χ0) is 11.4. The minimum Gasteiger partial charge on any atom is -0.489 e. The smallest absolute Gasteiger partial charge is 0.144 e. The quantitative estimate of drug-likeness (QED) is 0.792. The van der Waals surface area contributed by atoms with E-state index in [0.29, 0.717) is 5.75 Å². The molecule has 1 aromatic carbocycles. The third-order valence-corrected chi connectivity index (χ3v) is 3.60. The highest BCUT2D eigenvalue weighted by molar-refractivity contribution is 7.99. The van der Waals surface area contributed by atoms with Gasteiger partial charge in [0.15, 0.2) is 0 Å². The van der Waals surface area contributed by atoms with E-state index in [2.05, 4.69) is 0 Å². The maximum atomic E-state index is 13.3. The van der Waals surface area contributed by atoms with Crippen LogP contribution in [0.3, 0.4) is 0 Å². The second-order valence-corrected chi connectivity index (χ2v) is 4.88. The highest BCUT2D eigenvalue weighted by Gasteiger charge is 2.17. The van der Waals surface area contributed by atoms with E-state index in [-0.39, 0.29) is 11.7 Å². The lowest BCUT2D eigenvalue weighted by Crippen LogP contribution is -2.22. The predicted molar refractivity (Wildman–Crippen MR) is 62.1 cm³/mol. The average molecular weight is 237 g/mol. The van der Waals surface area contributed by atoms with Crippen LogP contribution >= 0.6 is 11.8 Å². The van der Waals surface area contributed by atoms with Gasteiger partial charge >= 0.3 is 0 Å². The van der Waals surface area contributed by atoms with Gasteiger partial charge in [-0.1, -0.05) is 6.07 Å². The van der Waals surface area contributed by atoms with Crippen LogP contribution in [0.5, 0.6) is 5.75 Å². The van der Waals surface area contributed by atoms with Crippen LogP contribution in [-0.4, -0.2) is 17.6 Å². The lowest BCUT2D eigenvalue weighted by Gasteiger charge is -2.23. The molecule has 0 aromatic heterocycles. The van der Waals surface area contributed by atoms with E-state index in [1.54, 1.807) is 12.1 Å². The first kappa shape index (κ1) is 11.3. The van der Waals surface area contributed by atoms with Crippen LogP contribution in [-0.2, 0) is 0 Å². The molecule has 1 heterocycles. The molecule has 0 amide bonds. The van der Waals surface area contributed by atoms with Gasteiger partial charge in [0.05, 0.1) is 0 Å². The van der Waals surface area contributed by atoms with Crippen LogP contribution in [0, 0.1) is 17.1 Å². The summed E-state index contributed by atoms with van der Waals surface area (Å²) in [6.07, 6.45) is 2.05. The number of hydrogen-bond donors (Lipinski definition) is 0. The molecule has 2 rings (SSSR count). The zero-order valence-corrected chi connectivity index (χ0v) is 9.60. The minimum atomic E-state index is -0.509. The number of nitrogens with zero attached hydrogens (tertiary/aromatic N) is 1. The van der Waals surface area contributed by atoms with E-state index in [4.69, 9.17) is 10.00 Å². The van der Waals surface area contributed by atoms with Crippen LogP contribution in [0.15, 0.2) is 18.2 Å². The number of thioether (sulfide) groups is 1. The first-order chi connectivity index (χ1) is 7.81. The molecule has 4 heteroatoms. The Morgan fingerprint density at radius 1 is 1.38 bits per heavy atom. The zero-order valence-electron chi connectivity index (χ0n) is 8.78. The first-order valence-electron chi connectivity index (χ1n) is 5.24. The molecule has 0 radical (unpaired) electrons. The molecule has 0 unspecified atom stereocenters. The van der Waals surface area contributed by atoms with Gasteiger partial charge in [0.25, 0.3) is 0 Å². The van der Waals surface area contributed by atoms with Gasteiger partial charge in [-0.05, 0) is 36.5 Å². The summed E-state index contributed by atoms with van der Waals surface area (Å²) in [7, 11) is 0. The second kappa shape index (κ2) is 5.22. The van der Waals surface area contributed by atoms with E-state index in [9.17, 15) is 4.39 Å². The number of nitriles is 1. The van der Waals surface area contributed by atoms with Crippen molar-refractivity contribution in [3.8, 4) is 11.8 Å². The molecule has 2 nitrogen and oxygen atoms in total. The average Bonchev–Trinajstić information content (AvgIpc) is 2.31. The molecule has 1 saturated heterocycles. The fourth-order valence-electron chi connectivity index (χ4n) is 1.68. The summed E-state index contributed by atoms with van der Waals surface area (Å²) in [6, 6.07) is 6.36. The fraction of sp³-hybridized carbons (Fsp3) is 0.417. The van der Waals surface area contributed by atoms with E-state index in [1.165, 1.54) is 6.07 Å². The Balaban J connectivity index is 2.14. The molecule has 0 bridgehead atoms. The molecule has 1 aliphatic rings. The SMILES string of the molecule is N#Cc1c(F)cccc1OC1CCSCC1. The van der Waals surface area contributed by atoms with E-state index in [1.807, 2.05) is 17.8 Å². The van der Waals surface area contributed by atoms with Gasteiger partial charge in [-0.2, -0.15) is 17.0 Å². The number of ether oxygens (including phenoxy) is 1. The third kappa shape index (κ3) is 2.48. The van der Waals surface area contributed by atoms with E-state index in [0.717, 1.165) is 24.3 Å². The Morgan fingerprint density at radius 3 is 2.81 bits per heavy atom. The molecule has 0 spiro atoms. The minimum absolute atomic E-state index is 0.0146. The van der Waals surface area contributed by atoms with Crippen LogP contribution in [0.4, 0.5) is 4.39 Å². The van der Waals surface area contributed by atoms with Crippen molar-refractivity contribution < 1.29 is 9.13 Å². The lowest BCUT2D eigenvalue weighted by atomic mass is 10.2. The molecular weight excluding hydrogens is 225 g/mol. The van der Waals surface area contributed by atoms with Gasteiger partial charge in [0, 0.05) is 0 Å². The van der Waals surface area contributed by atoms with Crippen molar-refractivity contribution in [2.24, 2.45) is 0 Å². The summed E-state index contributed by atoms with van der Waals surface area (Å²) in [6.45, 7) is 0. The molecule has 1 fully saturated rings. The summed E-state index contributed by atoms with van der Waals surface area (Å²) in [5.74, 6) is 2.01. The first-order valence-corrected chi connectivity index (χ1v) is 6.39. The van der Waals surface area contributed by atoms with Crippen LogP contribution in [0.25, 0.3) is 0 Å². The largest absolute Gasteiger partial charge is 0.489 e. The van der Waals surface area contributed by atoms with Gasteiger partial charge in [-0.25, -0.2) is 4.39 Å². The van der Waals surface area contributed by atoms with Crippen molar-refractivity contribution in [1.29, 1.82) is 5.26 Å². The van der Waals surface area contributed by atoms with Gasteiger partial charge in [0.1, 0.15) is 29.3 Å². The molecule has 0 aliphatic carbocycles. The van der Waals surface area contributed by atoms with Crippen LogP contribution in [0.2, 0.25) is 0 Å². The Morgan fingerprint density at radius 2 is 2.12 bits per heavy atom. The number of hydrogen-bond acceptors (Lipinski definition) is 3. The van der Waals surface area contributed by atoms with Gasteiger partial charge in [0.2, 0.25) is 0 Å². The maximum Gasteiger partial charge on any atom is 0.144 e. The topological polar surface area (TPSA) is 33.0 Å².